The fourth-order valence-electron chi connectivity index (χ4n) is 3.56. The summed E-state index contributed by atoms with van der Waals surface area (Å²) < 4.78 is 0. The van der Waals surface area contributed by atoms with Gasteiger partial charge in [-0.25, -0.2) is 4.98 Å². The van der Waals surface area contributed by atoms with E-state index in [0.29, 0.717) is 0 Å². The topological polar surface area (TPSA) is 58.1 Å². The summed E-state index contributed by atoms with van der Waals surface area (Å²) in [6.07, 6.45) is 5.66. The van der Waals surface area contributed by atoms with E-state index < -0.39 is 0 Å². The standard InChI is InChI=1S/C17H20N4OS.2ClH/c22-17(21-7-4-12-9-18-10-13(12)5-8-21)15-11-20-16(23-15)14-3-1-2-6-19-14;;/h1-3,6,11-13,18H,4-5,7-10H2;2*1H/t12-,13+;;. The molecule has 1 amide bonds. The Hall–Kier alpha value is -1.21. The molecule has 25 heavy (non-hydrogen) atoms. The van der Waals surface area contributed by atoms with E-state index in [1.54, 1.807) is 12.4 Å². The highest BCUT2D eigenvalue weighted by atomic mass is 35.5. The molecule has 0 spiro atoms. The van der Waals surface area contributed by atoms with E-state index in [1.807, 2.05) is 23.1 Å². The van der Waals surface area contributed by atoms with Gasteiger partial charge in [-0.1, -0.05) is 6.07 Å². The average Bonchev–Trinajstić information content (AvgIpc) is 3.21. The van der Waals surface area contributed by atoms with Crippen molar-refractivity contribution in [1.29, 1.82) is 0 Å². The monoisotopic (exact) mass is 400 g/mol. The normalized spacial score (nSPS) is 22.3. The van der Waals surface area contributed by atoms with Crippen LogP contribution in [-0.2, 0) is 0 Å². The van der Waals surface area contributed by atoms with E-state index >= 15 is 0 Å². The highest BCUT2D eigenvalue weighted by Crippen LogP contribution is 2.29. The quantitative estimate of drug-likeness (QED) is 0.840. The number of aromatic nitrogens is 2. The minimum Gasteiger partial charge on any atom is -0.338 e. The zero-order chi connectivity index (χ0) is 15.6. The largest absolute Gasteiger partial charge is 0.338 e. The molecule has 2 saturated heterocycles. The maximum Gasteiger partial charge on any atom is 0.265 e. The van der Waals surface area contributed by atoms with Crippen molar-refractivity contribution in [2.45, 2.75) is 12.8 Å². The first-order valence-corrected chi connectivity index (χ1v) is 9.00. The highest BCUT2D eigenvalue weighted by Gasteiger charge is 2.32. The van der Waals surface area contributed by atoms with Gasteiger partial charge in [0.15, 0.2) is 0 Å². The second-order valence-corrected chi connectivity index (χ2v) is 7.32. The molecule has 2 fully saturated rings. The van der Waals surface area contributed by atoms with Crippen molar-refractivity contribution in [3.8, 4) is 10.7 Å². The summed E-state index contributed by atoms with van der Waals surface area (Å²) >= 11 is 1.44. The molecule has 2 aliphatic rings. The summed E-state index contributed by atoms with van der Waals surface area (Å²) in [5.74, 6) is 1.59. The lowest BCUT2D eigenvalue weighted by Crippen LogP contribution is -2.32. The van der Waals surface area contributed by atoms with Crippen molar-refractivity contribution < 1.29 is 4.79 Å². The van der Waals surface area contributed by atoms with Crippen LogP contribution >= 0.6 is 36.2 Å². The Labute approximate surface area is 164 Å². The van der Waals surface area contributed by atoms with Crippen LogP contribution in [0.2, 0.25) is 0 Å². The molecule has 2 aromatic heterocycles. The van der Waals surface area contributed by atoms with Crippen molar-refractivity contribution in [1.82, 2.24) is 20.2 Å². The summed E-state index contributed by atoms with van der Waals surface area (Å²) in [6, 6.07) is 5.74. The number of halogens is 2. The van der Waals surface area contributed by atoms with Crippen molar-refractivity contribution >= 4 is 42.1 Å². The Morgan fingerprint density at radius 3 is 2.48 bits per heavy atom. The van der Waals surface area contributed by atoms with Crippen LogP contribution in [-0.4, -0.2) is 47.0 Å². The van der Waals surface area contributed by atoms with E-state index in [0.717, 1.165) is 66.4 Å². The molecule has 0 aromatic carbocycles. The minimum atomic E-state index is 0. The Balaban J connectivity index is 0.00000113. The van der Waals surface area contributed by atoms with Crippen LogP contribution in [0.5, 0.6) is 0 Å². The fourth-order valence-corrected chi connectivity index (χ4v) is 4.42. The lowest BCUT2D eigenvalue weighted by Gasteiger charge is -2.19. The van der Waals surface area contributed by atoms with Crippen LogP contribution in [0.1, 0.15) is 22.5 Å². The number of amides is 1. The predicted octanol–water partition coefficient (Wildman–Crippen LogP) is 3.12. The zero-order valence-corrected chi connectivity index (χ0v) is 16.2. The van der Waals surface area contributed by atoms with Gasteiger partial charge in [0.05, 0.1) is 11.9 Å². The molecule has 0 bridgehead atoms. The van der Waals surface area contributed by atoms with E-state index in [9.17, 15) is 4.79 Å². The van der Waals surface area contributed by atoms with E-state index in [-0.39, 0.29) is 30.7 Å². The van der Waals surface area contributed by atoms with Crippen LogP contribution in [0.15, 0.2) is 30.6 Å². The number of hydrogen-bond donors (Lipinski definition) is 1. The smallest absolute Gasteiger partial charge is 0.265 e. The van der Waals surface area contributed by atoms with Crippen molar-refractivity contribution in [2.24, 2.45) is 11.8 Å². The zero-order valence-electron chi connectivity index (χ0n) is 13.8. The van der Waals surface area contributed by atoms with Crippen LogP contribution in [0.25, 0.3) is 10.7 Å². The Bertz CT molecular complexity index is 683. The van der Waals surface area contributed by atoms with Gasteiger partial charge in [-0.15, -0.1) is 36.2 Å². The molecule has 8 heteroatoms. The predicted molar refractivity (Wildman–Crippen MR) is 105 cm³/mol. The molecule has 4 heterocycles. The summed E-state index contributed by atoms with van der Waals surface area (Å²) in [5.41, 5.74) is 0.827. The van der Waals surface area contributed by atoms with Gasteiger partial charge in [0.2, 0.25) is 0 Å². The Morgan fingerprint density at radius 2 is 1.84 bits per heavy atom. The first-order valence-electron chi connectivity index (χ1n) is 8.18. The number of hydrogen-bond acceptors (Lipinski definition) is 5. The van der Waals surface area contributed by atoms with Crippen LogP contribution < -0.4 is 5.32 Å². The van der Waals surface area contributed by atoms with Crippen LogP contribution in [0.3, 0.4) is 0 Å². The molecule has 5 nitrogen and oxygen atoms in total. The first-order chi connectivity index (χ1) is 11.3. The number of carbonyl (C=O) groups is 1. The number of fused-ring (bicyclic) bond motifs is 1. The second kappa shape index (κ2) is 8.94. The van der Waals surface area contributed by atoms with Gasteiger partial charge < -0.3 is 10.2 Å². The molecule has 4 rings (SSSR count). The van der Waals surface area contributed by atoms with Gasteiger partial charge in [-0.2, -0.15) is 0 Å². The summed E-state index contributed by atoms with van der Waals surface area (Å²) in [7, 11) is 0. The Kier molecular flexibility index (Phi) is 7.19. The SMILES string of the molecule is Cl.Cl.O=C(c1cnc(-c2ccccn2)s1)N1CC[C@@H]2CNC[C@@H]2CC1. The second-order valence-electron chi connectivity index (χ2n) is 6.29. The van der Waals surface area contributed by atoms with Gasteiger partial charge in [0, 0.05) is 19.3 Å². The van der Waals surface area contributed by atoms with Gasteiger partial charge in [0.25, 0.3) is 5.91 Å². The van der Waals surface area contributed by atoms with Crippen LogP contribution in [0.4, 0.5) is 0 Å². The number of thiazole rings is 1. The third-order valence-corrected chi connectivity index (χ3v) is 5.91. The maximum absolute atomic E-state index is 12.8. The maximum atomic E-state index is 12.8. The number of nitrogens with one attached hydrogen (secondary N) is 1. The summed E-state index contributed by atoms with van der Waals surface area (Å²) in [4.78, 5) is 24.2. The number of likely N-dealkylation sites (tertiary alicyclic amines) is 1. The minimum absolute atomic E-state index is 0. The molecule has 2 aliphatic heterocycles. The molecular weight excluding hydrogens is 379 g/mol. The van der Waals surface area contributed by atoms with E-state index in [1.165, 1.54) is 11.3 Å². The van der Waals surface area contributed by atoms with E-state index in [2.05, 4.69) is 15.3 Å². The number of carbonyl (C=O) groups excluding carboxylic acids is 1. The lowest BCUT2D eigenvalue weighted by atomic mass is 9.92. The molecule has 0 unspecified atom stereocenters. The van der Waals surface area contributed by atoms with Gasteiger partial charge in [-0.3, -0.25) is 9.78 Å². The number of pyridine rings is 1. The molecule has 136 valence electrons. The number of nitrogens with zero attached hydrogens (tertiary/aromatic N) is 3. The molecule has 0 saturated carbocycles. The lowest BCUT2D eigenvalue weighted by molar-refractivity contribution is 0.0763. The van der Waals surface area contributed by atoms with E-state index in [4.69, 9.17) is 0 Å². The number of rotatable bonds is 2. The van der Waals surface area contributed by atoms with Gasteiger partial charge >= 0.3 is 0 Å². The molecule has 0 aliphatic carbocycles. The van der Waals surface area contributed by atoms with Crippen molar-refractivity contribution in [3.63, 3.8) is 0 Å². The molecule has 2 aromatic rings. The van der Waals surface area contributed by atoms with Crippen LogP contribution in [0, 0.1) is 11.8 Å². The molecular formula is C17H22Cl2N4OS. The third-order valence-electron chi connectivity index (χ3n) is 4.91. The molecule has 2 atom stereocenters. The van der Waals surface area contributed by atoms with Gasteiger partial charge in [-0.05, 0) is 49.9 Å². The fraction of sp³-hybridized carbons (Fsp3) is 0.471. The Morgan fingerprint density at radius 1 is 1.12 bits per heavy atom. The average molecular weight is 401 g/mol. The summed E-state index contributed by atoms with van der Waals surface area (Å²) in [5, 5.41) is 4.28. The molecule has 0 radical (unpaired) electrons. The van der Waals surface area contributed by atoms with Gasteiger partial charge in [0.1, 0.15) is 9.88 Å². The molecule has 1 N–H and O–H groups in total. The van der Waals surface area contributed by atoms with Crippen molar-refractivity contribution in [2.75, 3.05) is 26.2 Å². The first kappa shape index (κ1) is 20.1. The summed E-state index contributed by atoms with van der Waals surface area (Å²) in [6.45, 7) is 3.94. The van der Waals surface area contributed by atoms with Crippen molar-refractivity contribution in [3.05, 3.63) is 35.5 Å². The highest BCUT2D eigenvalue weighted by molar-refractivity contribution is 7.16. The third kappa shape index (κ3) is 4.31.